The van der Waals surface area contributed by atoms with E-state index in [0.717, 1.165) is 13.2 Å². The van der Waals surface area contributed by atoms with Crippen LogP contribution in [0, 0.1) is 0 Å². The minimum absolute atomic E-state index is 0.841. The summed E-state index contributed by atoms with van der Waals surface area (Å²) in [5, 5.41) is 0. The van der Waals surface area contributed by atoms with E-state index >= 15 is 0 Å². The van der Waals surface area contributed by atoms with Gasteiger partial charge in [-0.2, -0.15) is 0 Å². The Morgan fingerprint density at radius 1 is 0.818 bits per heavy atom. The molecule has 2 N–H and O–H groups in total. The van der Waals surface area contributed by atoms with Crippen LogP contribution in [0.15, 0.2) is 0 Å². The first kappa shape index (κ1) is 9.12. The molecule has 0 spiro atoms. The van der Waals surface area contributed by atoms with E-state index in [1.165, 1.54) is 51.4 Å². The third kappa shape index (κ3) is 3.81. The topological polar surface area (TPSA) is 26.0 Å². The van der Waals surface area contributed by atoms with Crippen molar-refractivity contribution in [3.63, 3.8) is 0 Å². The SMILES string of the molecule is NBC1CCCCCCCC1. The van der Waals surface area contributed by atoms with Crippen LogP contribution in [0.5, 0.6) is 0 Å². The Morgan fingerprint density at radius 2 is 1.27 bits per heavy atom. The first-order valence-corrected chi connectivity index (χ1v) is 5.13. The lowest BCUT2D eigenvalue weighted by atomic mass is 9.71. The third-order valence-electron chi connectivity index (χ3n) is 2.81. The van der Waals surface area contributed by atoms with E-state index in [1.807, 2.05) is 0 Å². The maximum Gasteiger partial charge on any atom is 0.201 e. The highest BCUT2D eigenvalue weighted by Crippen LogP contribution is 2.23. The second-order valence-electron chi connectivity index (χ2n) is 3.80. The van der Waals surface area contributed by atoms with E-state index in [0.29, 0.717) is 0 Å². The fourth-order valence-electron chi connectivity index (χ4n) is 1.95. The van der Waals surface area contributed by atoms with Crippen LogP contribution >= 0.6 is 0 Å². The van der Waals surface area contributed by atoms with Gasteiger partial charge in [0.15, 0.2) is 0 Å². The Bertz CT molecular complexity index is 85.6. The molecule has 0 amide bonds. The highest BCUT2D eigenvalue weighted by molar-refractivity contribution is 6.33. The lowest BCUT2D eigenvalue weighted by molar-refractivity contribution is 0.618. The van der Waals surface area contributed by atoms with Gasteiger partial charge in [-0.25, -0.2) is 0 Å². The quantitative estimate of drug-likeness (QED) is 0.574. The summed E-state index contributed by atoms with van der Waals surface area (Å²) in [5.74, 6) is 0.841. The second-order valence-corrected chi connectivity index (χ2v) is 3.80. The van der Waals surface area contributed by atoms with Gasteiger partial charge in [0, 0.05) is 0 Å². The lowest BCUT2D eigenvalue weighted by Crippen LogP contribution is -2.13. The van der Waals surface area contributed by atoms with Crippen molar-refractivity contribution in [2.75, 3.05) is 0 Å². The number of hydrogen-bond donors (Lipinski definition) is 1. The van der Waals surface area contributed by atoms with Crippen LogP contribution in [0.4, 0.5) is 0 Å². The standard InChI is InChI=1S/C9H20BN/c11-10-9-7-5-3-1-2-4-6-8-9/h9-10H,1-8,11H2. The van der Waals surface area contributed by atoms with E-state index in [-0.39, 0.29) is 0 Å². The Balaban J connectivity index is 2.19. The van der Waals surface area contributed by atoms with Crippen molar-refractivity contribution in [2.45, 2.75) is 57.2 Å². The summed E-state index contributed by atoms with van der Waals surface area (Å²) in [6.07, 6.45) is 11.4. The summed E-state index contributed by atoms with van der Waals surface area (Å²) in [6.45, 7) is 0. The van der Waals surface area contributed by atoms with Gasteiger partial charge in [-0.15, -0.1) is 0 Å². The van der Waals surface area contributed by atoms with Crippen LogP contribution in [0.2, 0.25) is 5.82 Å². The Labute approximate surface area is 71.0 Å². The molecule has 1 fully saturated rings. The molecule has 0 unspecified atom stereocenters. The number of hydrogen-bond acceptors (Lipinski definition) is 1. The van der Waals surface area contributed by atoms with E-state index in [9.17, 15) is 0 Å². The van der Waals surface area contributed by atoms with E-state index < -0.39 is 0 Å². The van der Waals surface area contributed by atoms with Gasteiger partial charge in [0.05, 0.1) is 0 Å². The van der Waals surface area contributed by atoms with Crippen LogP contribution in [0.25, 0.3) is 0 Å². The van der Waals surface area contributed by atoms with Crippen molar-refractivity contribution >= 4 is 7.41 Å². The van der Waals surface area contributed by atoms with Crippen LogP contribution in [-0.2, 0) is 0 Å². The molecule has 1 aliphatic rings. The average molecular weight is 153 g/mol. The summed E-state index contributed by atoms with van der Waals surface area (Å²) in [7, 11) is 0.917. The zero-order chi connectivity index (χ0) is 7.94. The molecule has 0 saturated heterocycles. The molecule has 0 aromatic carbocycles. The molecule has 1 nitrogen and oxygen atoms in total. The Kier molecular flexibility index (Phi) is 4.68. The van der Waals surface area contributed by atoms with Crippen molar-refractivity contribution < 1.29 is 0 Å². The number of nitrogens with two attached hydrogens (primary N) is 1. The smallest absolute Gasteiger partial charge is 0.201 e. The molecule has 1 aliphatic carbocycles. The second kappa shape index (κ2) is 5.65. The van der Waals surface area contributed by atoms with Gasteiger partial charge in [0.2, 0.25) is 7.41 Å². The van der Waals surface area contributed by atoms with E-state index in [2.05, 4.69) is 0 Å². The highest BCUT2D eigenvalue weighted by Gasteiger charge is 2.08. The molecule has 64 valence electrons. The molecule has 0 atom stereocenters. The zero-order valence-corrected chi connectivity index (χ0v) is 7.52. The van der Waals surface area contributed by atoms with Crippen molar-refractivity contribution in [1.29, 1.82) is 0 Å². The molecule has 11 heavy (non-hydrogen) atoms. The van der Waals surface area contributed by atoms with Crippen molar-refractivity contribution in [2.24, 2.45) is 5.64 Å². The molecule has 1 saturated carbocycles. The minimum Gasteiger partial charge on any atom is -0.373 e. The molecule has 0 aliphatic heterocycles. The predicted molar refractivity (Wildman–Crippen MR) is 52.0 cm³/mol. The average Bonchev–Trinajstić information content (AvgIpc) is 2.16. The van der Waals surface area contributed by atoms with Gasteiger partial charge in [-0.1, -0.05) is 57.2 Å². The van der Waals surface area contributed by atoms with Gasteiger partial charge in [0.1, 0.15) is 0 Å². The Morgan fingerprint density at radius 3 is 1.73 bits per heavy atom. The van der Waals surface area contributed by atoms with Crippen LogP contribution < -0.4 is 5.64 Å². The predicted octanol–water partition coefficient (Wildman–Crippen LogP) is 2.22. The van der Waals surface area contributed by atoms with Gasteiger partial charge in [-0.3, -0.25) is 0 Å². The summed E-state index contributed by atoms with van der Waals surface area (Å²) in [5.41, 5.74) is 5.67. The van der Waals surface area contributed by atoms with Gasteiger partial charge in [-0.05, 0) is 0 Å². The van der Waals surface area contributed by atoms with E-state index in [1.54, 1.807) is 0 Å². The fraction of sp³-hybridized carbons (Fsp3) is 1.00. The molecule has 2 heteroatoms. The fourth-order valence-corrected chi connectivity index (χ4v) is 1.95. The molecule has 0 heterocycles. The zero-order valence-electron chi connectivity index (χ0n) is 7.52. The summed E-state index contributed by atoms with van der Waals surface area (Å²) >= 11 is 0. The van der Waals surface area contributed by atoms with Crippen molar-refractivity contribution in [3.05, 3.63) is 0 Å². The third-order valence-corrected chi connectivity index (χ3v) is 2.81. The molecule has 0 aromatic rings. The van der Waals surface area contributed by atoms with E-state index in [4.69, 9.17) is 5.64 Å². The maximum absolute atomic E-state index is 5.67. The van der Waals surface area contributed by atoms with Crippen molar-refractivity contribution in [1.82, 2.24) is 0 Å². The van der Waals surface area contributed by atoms with Gasteiger partial charge >= 0.3 is 0 Å². The highest BCUT2D eigenvalue weighted by atomic mass is 14.4. The molecule has 0 radical (unpaired) electrons. The van der Waals surface area contributed by atoms with Crippen LogP contribution in [0.1, 0.15) is 51.4 Å². The lowest BCUT2D eigenvalue weighted by Gasteiger charge is -2.10. The molecular weight excluding hydrogens is 133 g/mol. The minimum atomic E-state index is 0.841. The largest absolute Gasteiger partial charge is 0.373 e. The summed E-state index contributed by atoms with van der Waals surface area (Å²) in [4.78, 5) is 0. The van der Waals surface area contributed by atoms with Crippen LogP contribution in [0.3, 0.4) is 0 Å². The molecular formula is C9H20BN. The summed E-state index contributed by atoms with van der Waals surface area (Å²) < 4.78 is 0. The van der Waals surface area contributed by atoms with Crippen molar-refractivity contribution in [3.8, 4) is 0 Å². The first-order chi connectivity index (χ1) is 5.43. The molecule has 0 aromatic heterocycles. The summed E-state index contributed by atoms with van der Waals surface area (Å²) in [6, 6.07) is 0. The molecule has 1 rings (SSSR count). The van der Waals surface area contributed by atoms with Gasteiger partial charge < -0.3 is 5.64 Å². The van der Waals surface area contributed by atoms with Crippen LogP contribution in [-0.4, -0.2) is 7.41 Å². The first-order valence-electron chi connectivity index (χ1n) is 5.13. The monoisotopic (exact) mass is 153 g/mol. The van der Waals surface area contributed by atoms with Gasteiger partial charge in [0.25, 0.3) is 0 Å². The molecule has 0 bridgehead atoms. The normalized spacial score (nSPS) is 23.4. The number of rotatable bonds is 1. The maximum atomic E-state index is 5.67. The Hall–Kier alpha value is 0.0249.